The van der Waals surface area contributed by atoms with E-state index in [9.17, 15) is 0 Å². The van der Waals surface area contributed by atoms with Crippen molar-refractivity contribution in [1.82, 2.24) is 15.3 Å². The highest BCUT2D eigenvalue weighted by atomic mass is 16.5. The second-order valence-electron chi connectivity index (χ2n) is 4.84. The van der Waals surface area contributed by atoms with Crippen LogP contribution in [0.1, 0.15) is 19.8 Å². The summed E-state index contributed by atoms with van der Waals surface area (Å²) in [5, 5.41) is 3.33. The SMILES string of the molecule is CCOc1nc2ccccc2nc1O[C@@H]1CCCNC1. The molecule has 0 saturated carbocycles. The Hall–Kier alpha value is -1.88. The van der Waals surface area contributed by atoms with Gasteiger partial charge in [-0.25, -0.2) is 9.97 Å². The quantitative estimate of drug-likeness (QED) is 0.925. The van der Waals surface area contributed by atoms with Gasteiger partial charge in [0.25, 0.3) is 11.8 Å². The van der Waals surface area contributed by atoms with Gasteiger partial charge in [0, 0.05) is 6.54 Å². The molecule has 3 rings (SSSR count). The second kappa shape index (κ2) is 6.05. The van der Waals surface area contributed by atoms with E-state index >= 15 is 0 Å². The monoisotopic (exact) mass is 273 g/mol. The minimum Gasteiger partial charge on any atom is -0.474 e. The molecule has 0 aliphatic carbocycles. The number of nitrogens with one attached hydrogen (secondary N) is 1. The zero-order valence-corrected chi connectivity index (χ0v) is 11.6. The second-order valence-corrected chi connectivity index (χ2v) is 4.84. The van der Waals surface area contributed by atoms with Crippen LogP contribution in [0.5, 0.6) is 11.8 Å². The number of nitrogens with zero attached hydrogens (tertiary/aromatic N) is 2. The summed E-state index contributed by atoms with van der Waals surface area (Å²) in [7, 11) is 0. The number of para-hydroxylation sites is 2. The van der Waals surface area contributed by atoms with E-state index in [2.05, 4.69) is 15.3 Å². The van der Waals surface area contributed by atoms with Crippen LogP contribution in [0.4, 0.5) is 0 Å². The van der Waals surface area contributed by atoms with Crippen molar-refractivity contribution in [2.24, 2.45) is 0 Å². The molecule has 0 spiro atoms. The molecule has 1 saturated heterocycles. The molecule has 2 aromatic rings. The van der Waals surface area contributed by atoms with Crippen LogP contribution in [0.2, 0.25) is 0 Å². The first-order valence-electron chi connectivity index (χ1n) is 7.14. The maximum absolute atomic E-state index is 5.99. The molecule has 106 valence electrons. The maximum Gasteiger partial charge on any atom is 0.279 e. The molecule has 1 aromatic heterocycles. The number of hydrogen-bond acceptors (Lipinski definition) is 5. The van der Waals surface area contributed by atoms with Gasteiger partial charge in [0.15, 0.2) is 0 Å². The fraction of sp³-hybridized carbons (Fsp3) is 0.467. The van der Waals surface area contributed by atoms with Gasteiger partial charge in [-0.15, -0.1) is 0 Å². The number of rotatable bonds is 4. The Balaban J connectivity index is 1.91. The smallest absolute Gasteiger partial charge is 0.279 e. The average molecular weight is 273 g/mol. The largest absolute Gasteiger partial charge is 0.474 e. The molecule has 1 fully saturated rings. The molecule has 20 heavy (non-hydrogen) atoms. The van der Waals surface area contributed by atoms with E-state index in [1.807, 2.05) is 31.2 Å². The summed E-state index contributed by atoms with van der Waals surface area (Å²) in [5.41, 5.74) is 1.65. The van der Waals surface area contributed by atoms with Gasteiger partial charge in [-0.2, -0.15) is 0 Å². The Kier molecular flexibility index (Phi) is 3.97. The minimum atomic E-state index is 0.137. The molecule has 1 aliphatic heterocycles. The standard InChI is InChI=1S/C15H19N3O2/c1-2-19-14-15(20-11-6-5-9-16-10-11)18-13-8-4-3-7-12(13)17-14/h3-4,7-8,11,16H,2,5-6,9-10H2,1H3/t11-/m1/s1. The third kappa shape index (κ3) is 2.82. The molecule has 1 aromatic carbocycles. The molecule has 0 radical (unpaired) electrons. The first-order chi connectivity index (χ1) is 9.86. The first-order valence-corrected chi connectivity index (χ1v) is 7.14. The zero-order chi connectivity index (χ0) is 13.8. The van der Waals surface area contributed by atoms with Gasteiger partial charge in [-0.1, -0.05) is 12.1 Å². The van der Waals surface area contributed by atoms with Crippen molar-refractivity contribution in [2.75, 3.05) is 19.7 Å². The van der Waals surface area contributed by atoms with Crippen LogP contribution in [0.15, 0.2) is 24.3 Å². The number of piperidine rings is 1. The van der Waals surface area contributed by atoms with Crippen molar-refractivity contribution >= 4 is 11.0 Å². The summed E-state index contributed by atoms with van der Waals surface area (Å²) < 4.78 is 11.6. The van der Waals surface area contributed by atoms with Crippen molar-refractivity contribution in [3.05, 3.63) is 24.3 Å². The van der Waals surface area contributed by atoms with Crippen LogP contribution in [0, 0.1) is 0 Å². The maximum atomic E-state index is 5.99. The molecule has 0 amide bonds. The molecule has 2 heterocycles. The summed E-state index contributed by atoms with van der Waals surface area (Å²) in [6, 6.07) is 7.75. The Morgan fingerprint density at radius 1 is 1.20 bits per heavy atom. The van der Waals surface area contributed by atoms with Crippen LogP contribution < -0.4 is 14.8 Å². The molecular weight excluding hydrogens is 254 g/mol. The van der Waals surface area contributed by atoms with Gasteiger partial charge in [0.1, 0.15) is 6.10 Å². The van der Waals surface area contributed by atoms with Gasteiger partial charge in [-0.3, -0.25) is 0 Å². The normalized spacial score (nSPS) is 18.9. The van der Waals surface area contributed by atoms with Gasteiger partial charge in [0.05, 0.1) is 17.6 Å². The number of hydrogen-bond donors (Lipinski definition) is 1. The predicted octanol–water partition coefficient (Wildman–Crippen LogP) is 2.16. The lowest BCUT2D eigenvalue weighted by Crippen LogP contribution is -2.37. The molecule has 5 heteroatoms. The van der Waals surface area contributed by atoms with Gasteiger partial charge in [-0.05, 0) is 38.4 Å². The Bertz CT molecular complexity index is 582. The van der Waals surface area contributed by atoms with Crippen molar-refractivity contribution in [1.29, 1.82) is 0 Å². The summed E-state index contributed by atoms with van der Waals surface area (Å²) in [6.07, 6.45) is 2.29. The number of aromatic nitrogens is 2. The van der Waals surface area contributed by atoms with Crippen molar-refractivity contribution < 1.29 is 9.47 Å². The van der Waals surface area contributed by atoms with Gasteiger partial charge in [0.2, 0.25) is 0 Å². The molecule has 5 nitrogen and oxygen atoms in total. The Morgan fingerprint density at radius 3 is 2.60 bits per heavy atom. The van der Waals surface area contributed by atoms with Crippen LogP contribution in [-0.2, 0) is 0 Å². The highest BCUT2D eigenvalue weighted by molar-refractivity contribution is 5.75. The summed E-state index contributed by atoms with van der Waals surface area (Å²) in [5.74, 6) is 0.982. The number of benzene rings is 1. The van der Waals surface area contributed by atoms with Crippen LogP contribution in [0.3, 0.4) is 0 Å². The van der Waals surface area contributed by atoms with Crippen molar-refractivity contribution in [2.45, 2.75) is 25.9 Å². The van der Waals surface area contributed by atoms with E-state index in [4.69, 9.17) is 9.47 Å². The van der Waals surface area contributed by atoms with E-state index in [0.717, 1.165) is 37.0 Å². The minimum absolute atomic E-state index is 0.137. The summed E-state index contributed by atoms with van der Waals surface area (Å²) in [6.45, 7) is 4.39. The molecule has 1 aliphatic rings. The first kappa shape index (κ1) is 13.1. The Labute approximate surface area is 118 Å². The lowest BCUT2D eigenvalue weighted by atomic mass is 10.1. The lowest BCUT2D eigenvalue weighted by molar-refractivity contribution is 0.151. The van der Waals surface area contributed by atoms with E-state index in [0.29, 0.717) is 18.4 Å². The van der Waals surface area contributed by atoms with E-state index in [1.54, 1.807) is 0 Å². The topological polar surface area (TPSA) is 56.3 Å². The highest BCUT2D eigenvalue weighted by Crippen LogP contribution is 2.27. The molecule has 0 unspecified atom stereocenters. The van der Waals surface area contributed by atoms with Crippen molar-refractivity contribution in [3.63, 3.8) is 0 Å². The van der Waals surface area contributed by atoms with Crippen LogP contribution >= 0.6 is 0 Å². The fourth-order valence-corrected chi connectivity index (χ4v) is 2.35. The van der Waals surface area contributed by atoms with Crippen LogP contribution in [-0.4, -0.2) is 35.8 Å². The van der Waals surface area contributed by atoms with E-state index in [-0.39, 0.29) is 6.10 Å². The molecular formula is C15H19N3O2. The van der Waals surface area contributed by atoms with Crippen LogP contribution in [0.25, 0.3) is 11.0 Å². The van der Waals surface area contributed by atoms with Gasteiger partial charge >= 0.3 is 0 Å². The molecule has 1 N–H and O–H groups in total. The molecule has 0 bridgehead atoms. The Morgan fingerprint density at radius 2 is 1.95 bits per heavy atom. The number of fused-ring (bicyclic) bond motifs is 1. The third-order valence-corrected chi connectivity index (χ3v) is 3.32. The summed E-state index contributed by atoms with van der Waals surface area (Å²) in [4.78, 5) is 9.05. The predicted molar refractivity (Wildman–Crippen MR) is 77.2 cm³/mol. The van der Waals surface area contributed by atoms with E-state index < -0.39 is 0 Å². The lowest BCUT2D eigenvalue weighted by Gasteiger charge is -2.24. The fourth-order valence-electron chi connectivity index (χ4n) is 2.35. The number of ether oxygens (including phenoxy) is 2. The third-order valence-electron chi connectivity index (χ3n) is 3.32. The summed E-state index contributed by atoms with van der Waals surface area (Å²) >= 11 is 0. The molecule has 1 atom stereocenters. The van der Waals surface area contributed by atoms with Gasteiger partial charge < -0.3 is 14.8 Å². The zero-order valence-electron chi connectivity index (χ0n) is 11.6. The highest BCUT2D eigenvalue weighted by Gasteiger charge is 2.19. The van der Waals surface area contributed by atoms with Crippen molar-refractivity contribution in [3.8, 4) is 11.8 Å². The van der Waals surface area contributed by atoms with E-state index in [1.165, 1.54) is 0 Å². The average Bonchev–Trinajstić information content (AvgIpc) is 2.49.